The van der Waals surface area contributed by atoms with Crippen LogP contribution in [0.3, 0.4) is 0 Å². The lowest BCUT2D eigenvalue weighted by Crippen LogP contribution is -2.15. The van der Waals surface area contributed by atoms with Gasteiger partial charge in [0.25, 0.3) is 5.56 Å². The van der Waals surface area contributed by atoms with Crippen molar-refractivity contribution in [3.63, 3.8) is 0 Å². The lowest BCUT2D eigenvalue weighted by Gasteiger charge is -2.21. The maximum Gasteiger partial charge on any atom is 0.270 e. The Kier molecular flexibility index (Phi) is 7.29. The van der Waals surface area contributed by atoms with E-state index in [0.29, 0.717) is 45.6 Å². The largest absolute Gasteiger partial charge is 0.507 e. The number of H-pyrrole nitrogens is 1. The Hall–Kier alpha value is -5.04. The van der Waals surface area contributed by atoms with Crippen molar-refractivity contribution in [3.8, 4) is 11.5 Å². The summed E-state index contributed by atoms with van der Waals surface area (Å²) in [7, 11) is 0. The van der Waals surface area contributed by atoms with Crippen molar-refractivity contribution in [2.75, 3.05) is 0 Å². The number of fused-ring (bicyclic) bond motifs is 1. The van der Waals surface area contributed by atoms with Crippen LogP contribution in [0.1, 0.15) is 48.7 Å². The van der Waals surface area contributed by atoms with E-state index >= 15 is 0 Å². The van der Waals surface area contributed by atoms with Gasteiger partial charge in [-0.1, -0.05) is 75.4 Å². The normalized spacial score (nSPS) is 12.1. The molecule has 1 aromatic heterocycles. The number of para-hydroxylation sites is 2. The standard InChI is InChI=1S/C33H30N4O3/c1-33(2,3)24-14-9-13-23(31(24)39)20-35-25-17-27-28(18-26(25)34-19-22-12-7-8-15-30(22)38)37-32(40)29(36-27)16-21-10-5-4-6-11-21/h4-15,17-20,38-39H,16H2,1-3H3,(H,37,40). The average molecular weight is 531 g/mol. The molecule has 40 heavy (non-hydrogen) atoms. The lowest BCUT2D eigenvalue weighted by molar-refractivity contribution is 0.446. The molecular weight excluding hydrogens is 500 g/mol. The van der Waals surface area contributed by atoms with Crippen LogP contribution in [-0.4, -0.2) is 32.6 Å². The van der Waals surface area contributed by atoms with Crippen LogP contribution in [-0.2, 0) is 11.8 Å². The molecule has 7 heteroatoms. The Balaban J connectivity index is 1.61. The summed E-state index contributed by atoms with van der Waals surface area (Å²) in [6, 6.07) is 25.6. The third kappa shape index (κ3) is 5.83. The number of benzene rings is 4. The maximum atomic E-state index is 12.9. The molecule has 0 atom stereocenters. The molecule has 0 aliphatic heterocycles. The highest BCUT2D eigenvalue weighted by Gasteiger charge is 2.19. The van der Waals surface area contributed by atoms with E-state index in [2.05, 4.69) is 20.0 Å². The second kappa shape index (κ2) is 11.0. The van der Waals surface area contributed by atoms with Crippen LogP contribution in [0, 0.1) is 0 Å². The molecule has 0 saturated carbocycles. The zero-order chi connectivity index (χ0) is 28.3. The van der Waals surface area contributed by atoms with Crippen LogP contribution in [0.5, 0.6) is 11.5 Å². The van der Waals surface area contributed by atoms with Gasteiger partial charge in [-0.3, -0.25) is 14.8 Å². The number of phenols is 2. The van der Waals surface area contributed by atoms with Crippen LogP contribution in [0.15, 0.2) is 99.7 Å². The number of hydrogen-bond acceptors (Lipinski definition) is 6. The van der Waals surface area contributed by atoms with Crippen molar-refractivity contribution >= 4 is 34.8 Å². The molecule has 0 fully saturated rings. The predicted molar refractivity (Wildman–Crippen MR) is 161 cm³/mol. The van der Waals surface area contributed by atoms with Gasteiger partial charge in [0.2, 0.25) is 0 Å². The molecule has 4 aromatic carbocycles. The van der Waals surface area contributed by atoms with Crippen molar-refractivity contribution in [3.05, 3.63) is 123 Å². The first-order valence-electron chi connectivity index (χ1n) is 13.0. The molecule has 0 spiro atoms. The summed E-state index contributed by atoms with van der Waals surface area (Å²) < 4.78 is 0. The van der Waals surface area contributed by atoms with Crippen LogP contribution in [0.25, 0.3) is 11.0 Å². The molecule has 5 aromatic rings. The summed E-state index contributed by atoms with van der Waals surface area (Å²) in [5, 5.41) is 21.1. The van der Waals surface area contributed by atoms with Crippen LogP contribution in [0.2, 0.25) is 0 Å². The number of aromatic hydroxyl groups is 2. The summed E-state index contributed by atoms with van der Waals surface area (Å²) in [6.45, 7) is 6.12. The van der Waals surface area contributed by atoms with E-state index in [1.54, 1.807) is 54.9 Å². The second-order valence-corrected chi connectivity index (χ2v) is 10.6. The van der Waals surface area contributed by atoms with Gasteiger partial charge in [-0.25, -0.2) is 4.98 Å². The van der Waals surface area contributed by atoms with Gasteiger partial charge in [-0.05, 0) is 46.9 Å². The van der Waals surface area contributed by atoms with Crippen molar-refractivity contribution in [2.45, 2.75) is 32.6 Å². The second-order valence-electron chi connectivity index (χ2n) is 10.6. The van der Waals surface area contributed by atoms with E-state index in [4.69, 9.17) is 0 Å². The Bertz CT molecular complexity index is 1800. The van der Waals surface area contributed by atoms with Crippen LogP contribution < -0.4 is 5.56 Å². The first kappa shape index (κ1) is 26.6. The van der Waals surface area contributed by atoms with E-state index in [1.165, 1.54) is 0 Å². The molecule has 0 aliphatic carbocycles. The number of hydrogen-bond donors (Lipinski definition) is 3. The third-order valence-corrected chi connectivity index (χ3v) is 6.57. The van der Waals surface area contributed by atoms with Crippen molar-refractivity contribution < 1.29 is 10.2 Å². The average Bonchev–Trinajstić information content (AvgIpc) is 2.92. The number of rotatable bonds is 6. The summed E-state index contributed by atoms with van der Waals surface area (Å²) in [5.74, 6) is 0.271. The minimum atomic E-state index is -0.271. The predicted octanol–water partition coefficient (Wildman–Crippen LogP) is 6.72. The Morgan fingerprint density at radius 3 is 2.20 bits per heavy atom. The molecule has 0 amide bonds. The molecule has 0 bridgehead atoms. The monoisotopic (exact) mass is 530 g/mol. The molecule has 3 N–H and O–H groups in total. The van der Waals surface area contributed by atoms with Gasteiger partial charge in [-0.2, -0.15) is 0 Å². The molecule has 5 rings (SSSR count). The summed E-state index contributed by atoms with van der Waals surface area (Å²) in [5.41, 5.74) is 4.83. The van der Waals surface area contributed by atoms with Crippen molar-refractivity contribution in [1.29, 1.82) is 0 Å². The fourth-order valence-electron chi connectivity index (χ4n) is 4.41. The number of nitrogens with one attached hydrogen (secondary N) is 1. The Morgan fingerprint density at radius 1 is 0.825 bits per heavy atom. The van der Waals surface area contributed by atoms with Crippen LogP contribution in [0.4, 0.5) is 11.4 Å². The lowest BCUT2D eigenvalue weighted by atomic mass is 9.85. The molecule has 0 aliphatic rings. The van der Waals surface area contributed by atoms with Gasteiger partial charge in [0.1, 0.15) is 17.2 Å². The fourth-order valence-corrected chi connectivity index (χ4v) is 4.41. The van der Waals surface area contributed by atoms with Gasteiger partial charge >= 0.3 is 0 Å². The highest BCUT2D eigenvalue weighted by molar-refractivity contribution is 5.93. The van der Waals surface area contributed by atoms with E-state index in [1.807, 2.05) is 63.2 Å². The SMILES string of the molecule is CC(C)(C)c1cccc(C=Nc2cc3nc(Cc4ccccc4)c(=O)[nH]c3cc2N=Cc2ccccc2O)c1O. The van der Waals surface area contributed by atoms with E-state index < -0.39 is 0 Å². The summed E-state index contributed by atoms with van der Waals surface area (Å²) in [6.07, 6.45) is 3.54. The highest BCUT2D eigenvalue weighted by atomic mass is 16.3. The van der Waals surface area contributed by atoms with Gasteiger partial charge in [0.05, 0.1) is 22.4 Å². The quantitative estimate of drug-likeness (QED) is 0.212. The number of nitrogens with zero attached hydrogens (tertiary/aromatic N) is 3. The zero-order valence-electron chi connectivity index (χ0n) is 22.6. The van der Waals surface area contributed by atoms with Gasteiger partial charge < -0.3 is 15.2 Å². The van der Waals surface area contributed by atoms with Gasteiger partial charge in [-0.15, -0.1) is 0 Å². The summed E-state index contributed by atoms with van der Waals surface area (Å²) >= 11 is 0. The molecule has 1 heterocycles. The minimum absolute atomic E-state index is 0.0987. The fraction of sp³-hybridized carbons (Fsp3) is 0.152. The highest BCUT2D eigenvalue weighted by Crippen LogP contribution is 2.35. The first-order chi connectivity index (χ1) is 19.2. The molecule has 200 valence electrons. The molecule has 0 saturated heterocycles. The number of aromatic nitrogens is 2. The number of aromatic amines is 1. The van der Waals surface area contributed by atoms with Crippen molar-refractivity contribution in [2.24, 2.45) is 9.98 Å². The van der Waals surface area contributed by atoms with Crippen LogP contribution >= 0.6 is 0 Å². The first-order valence-corrected chi connectivity index (χ1v) is 13.0. The Labute approximate surface area is 232 Å². The number of phenolic OH excluding ortho intramolecular Hbond substituents is 2. The third-order valence-electron chi connectivity index (χ3n) is 6.57. The van der Waals surface area contributed by atoms with Gasteiger partial charge in [0, 0.05) is 30.0 Å². The number of aliphatic imine (C=N–C) groups is 2. The Morgan fingerprint density at radius 2 is 1.48 bits per heavy atom. The van der Waals surface area contributed by atoms with E-state index in [0.717, 1.165) is 11.1 Å². The maximum absolute atomic E-state index is 12.9. The molecule has 0 radical (unpaired) electrons. The zero-order valence-corrected chi connectivity index (χ0v) is 22.6. The smallest absolute Gasteiger partial charge is 0.270 e. The molecule has 0 unspecified atom stereocenters. The molecule has 7 nitrogen and oxygen atoms in total. The van der Waals surface area contributed by atoms with Gasteiger partial charge in [0.15, 0.2) is 0 Å². The minimum Gasteiger partial charge on any atom is -0.507 e. The van der Waals surface area contributed by atoms with Crippen molar-refractivity contribution in [1.82, 2.24) is 9.97 Å². The summed E-state index contributed by atoms with van der Waals surface area (Å²) in [4.78, 5) is 29.7. The topological polar surface area (TPSA) is 111 Å². The molecular formula is C33H30N4O3. The van der Waals surface area contributed by atoms with E-state index in [-0.39, 0.29) is 22.5 Å². The van der Waals surface area contributed by atoms with E-state index in [9.17, 15) is 15.0 Å².